The van der Waals surface area contributed by atoms with Crippen LogP contribution in [0.5, 0.6) is 0 Å². The van der Waals surface area contributed by atoms with Crippen LogP contribution in [0.15, 0.2) is 0 Å². The molecule has 5 nitrogen and oxygen atoms in total. The van der Waals surface area contributed by atoms with Crippen molar-refractivity contribution in [2.75, 3.05) is 0 Å². The molecule has 0 atom stereocenters. The van der Waals surface area contributed by atoms with Crippen molar-refractivity contribution in [3.8, 4) is 0 Å². The minimum atomic E-state index is -2.61. The molecule has 4 N–H and O–H groups in total. The van der Waals surface area contributed by atoms with Gasteiger partial charge in [0.15, 0.2) is 0 Å². The van der Waals surface area contributed by atoms with Crippen molar-refractivity contribution in [3.05, 3.63) is 0 Å². The summed E-state index contributed by atoms with van der Waals surface area (Å²) in [6.07, 6.45) is 15.4. The van der Waals surface area contributed by atoms with Gasteiger partial charge in [-0.15, -0.1) is 0 Å². The SMILES string of the molecule is C1CCC2(CC1)CCCCC2.OP(O)OP(O)O. The summed E-state index contributed by atoms with van der Waals surface area (Å²) in [6, 6.07) is 0. The average molecular weight is 298 g/mol. The zero-order valence-electron chi connectivity index (χ0n) is 10.7. The van der Waals surface area contributed by atoms with Crippen LogP contribution in [0.25, 0.3) is 0 Å². The van der Waals surface area contributed by atoms with Gasteiger partial charge in [0, 0.05) is 0 Å². The molecule has 0 bridgehead atoms. The van der Waals surface area contributed by atoms with Crippen molar-refractivity contribution in [1.29, 1.82) is 0 Å². The first-order valence-corrected chi connectivity index (χ1v) is 8.91. The highest BCUT2D eigenvalue weighted by Gasteiger charge is 2.32. The van der Waals surface area contributed by atoms with Crippen LogP contribution in [0.1, 0.15) is 64.2 Å². The Morgan fingerprint density at radius 3 is 1.17 bits per heavy atom. The standard InChI is InChI=1S/C11H20.H4O5P2/c1-3-7-11(8-4-1)9-5-2-6-10-11;1-6(2)5-7(3)4/h1-10H2;1-4H. The second-order valence-corrected chi connectivity index (χ2v) is 6.87. The lowest BCUT2D eigenvalue weighted by Crippen LogP contribution is -2.26. The number of rotatable bonds is 2. The van der Waals surface area contributed by atoms with Gasteiger partial charge >= 0.3 is 17.2 Å². The molecule has 0 heterocycles. The minimum absolute atomic E-state index is 0.858. The Labute approximate surface area is 111 Å². The third-order valence-corrected chi connectivity index (χ3v) is 5.14. The van der Waals surface area contributed by atoms with Gasteiger partial charge < -0.3 is 19.6 Å². The number of hydrogen-bond donors (Lipinski definition) is 4. The van der Waals surface area contributed by atoms with E-state index in [4.69, 9.17) is 19.6 Å². The van der Waals surface area contributed by atoms with Crippen LogP contribution in [0.3, 0.4) is 0 Å². The van der Waals surface area contributed by atoms with E-state index in [2.05, 4.69) is 4.31 Å². The van der Waals surface area contributed by atoms with Crippen LogP contribution in [-0.4, -0.2) is 19.6 Å². The lowest BCUT2D eigenvalue weighted by molar-refractivity contribution is 0.124. The molecule has 0 radical (unpaired) electrons. The second-order valence-electron chi connectivity index (χ2n) is 5.21. The first-order valence-electron chi connectivity index (χ1n) is 6.58. The highest BCUT2D eigenvalue weighted by atomic mass is 31.2. The van der Waals surface area contributed by atoms with E-state index in [1.165, 1.54) is 38.5 Å². The molecular formula is C11H24O5P2. The molecule has 2 saturated carbocycles. The molecule has 0 amide bonds. The van der Waals surface area contributed by atoms with Crippen molar-refractivity contribution in [2.24, 2.45) is 5.41 Å². The maximum Gasteiger partial charge on any atom is 0.334 e. The normalized spacial score (nSPS) is 23.0. The van der Waals surface area contributed by atoms with Crippen LogP contribution in [-0.2, 0) is 4.31 Å². The van der Waals surface area contributed by atoms with E-state index in [9.17, 15) is 0 Å². The van der Waals surface area contributed by atoms with E-state index in [1.54, 1.807) is 25.7 Å². The summed E-state index contributed by atoms with van der Waals surface area (Å²) in [4.78, 5) is 31.3. The first kappa shape index (κ1) is 16.7. The quantitative estimate of drug-likeness (QED) is 0.587. The Kier molecular flexibility index (Phi) is 8.13. The Morgan fingerprint density at radius 1 is 0.611 bits per heavy atom. The molecule has 0 aromatic rings. The maximum absolute atomic E-state index is 7.82. The van der Waals surface area contributed by atoms with Crippen molar-refractivity contribution in [2.45, 2.75) is 64.2 Å². The van der Waals surface area contributed by atoms with Gasteiger partial charge in [0.1, 0.15) is 0 Å². The van der Waals surface area contributed by atoms with Crippen LogP contribution in [0.2, 0.25) is 0 Å². The summed E-state index contributed by atoms with van der Waals surface area (Å²) in [6.45, 7) is 0. The molecule has 1 spiro atoms. The molecule has 2 aliphatic carbocycles. The van der Waals surface area contributed by atoms with Crippen molar-refractivity contribution >= 4 is 17.2 Å². The molecule has 2 rings (SSSR count). The Bertz CT molecular complexity index is 188. The third-order valence-electron chi connectivity index (χ3n) is 3.97. The molecular weight excluding hydrogens is 274 g/mol. The topological polar surface area (TPSA) is 90.2 Å². The Hall–Kier alpha value is 0.660. The zero-order chi connectivity index (χ0) is 13.4. The van der Waals surface area contributed by atoms with Crippen molar-refractivity contribution < 1.29 is 23.9 Å². The predicted octanol–water partition coefficient (Wildman–Crippen LogP) is 3.33. The first-order chi connectivity index (χ1) is 8.54. The molecule has 0 aromatic heterocycles. The Balaban J connectivity index is 0.000000203. The maximum atomic E-state index is 7.82. The van der Waals surface area contributed by atoms with Crippen LogP contribution < -0.4 is 0 Å². The molecule has 0 saturated heterocycles. The lowest BCUT2D eigenvalue weighted by atomic mass is 9.65. The summed E-state index contributed by atoms with van der Waals surface area (Å²) >= 11 is 0. The van der Waals surface area contributed by atoms with Crippen LogP contribution in [0.4, 0.5) is 0 Å². The van der Waals surface area contributed by atoms with Gasteiger partial charge in [0.2, 0.25) is 0 Å². The third kappa shape index (κ3) is 6.72. The average Bonchev–Trinajstić information content (AvgIpc) is 2.30. The number of hydrogen-bond acceptors (Lipinski definition) is 5. The molecule has 18 heavy (non-hydrogen) atoms. The summed E-state index contributed by atoms with van der Waals surface area (Å²) in [7, 11) is -5.22. The monoisotopic (exact) mass is 298 g/mol. The van der Waals surface area contributed by atoms with E-state index >= 15 is 0 Å². The molecule has 108 valence electrons. The van der Waals surface area contributed by atoms with Gasteiger partial charge in [0.25, 0.3) is 0 Å². The summed E-state index contributed by atoms with van der Waals surface area (Å²) in [5.74, 6) is 0. The predicted molar refractivity (Wildman–Crippen MR) is 72.4 cm³/mol. The van der Waals surface area contributed by atoms with Gasteiger partial charge in [-0.2, -0.15) is 0 Å². The van der Waals surface area contributed by atoms with E-state index in [0.717, 1.165) is 5.41 Å². The fraction of sp³-hybridized carbons (Fsp3) is 1.00. The summed E-state index contributed by atoms with van der Waals surface area (Å²) in [5.41, 5.74) is 0.858. The molecule has 2 fully saturated rings. The summed E-state index contributed by atoms with van der Waals surface area (Å²) < 4.78 is 3.60. The van der Waals surface area contributed by atoms with Gasteiger partial charge in [-0.1, -0.05) is 38.5 Å². The lowest BCUT2D eigenvalue weighted by Gasteiger charge is -2.40. The van der Waals surface area contributed by atoms with E-state index in [0.29, 0.717) is 0 Å². The van der Waals surface area contributed by atoms with Gasteiger partial charge in [-0.3, -0.25) is 0 Å². The van der Waals surface area contributed by atoms with Crippen LogP contribution in [0, 0.1) is 5.41 Å². The van der Waals surface area contributed by atoms with Crippen molar-refractivity contribution in [3.63, 3.8) is 0 Å². The summed E-state index contributed by atoms with van der Waals surface area (Å²) in [5, 5.41) is 0. The smallest absolute Gasteiger partial charge is 0.328 e. The largest absolute Gasteiger partial charge is 0.334 e. The molecule has 7 heteroatoms. The molecule has 0 unspecified atom stereocenters. The highest BCUT2D eigenvalue weighted by Crippen LogP contribution is 2.47. The fourth-order valence-electron chi connectivity index (χ4n) is 3.17. The van der Waals surface area contributed by atoms with Crippen LogP contribution >= 0.6 is 17.2 Å². The fourth-order valence-corrected chi connectivity index (χ4v) is 3.69. The van der Waals surface area contributed by atoms with E-state index < -0.39 is 17.2 Å². The minimum Gasteiger partial charge on any atom is -0.328 e. The van der Waals surface area contributed by atoms with Gasteiger partial charge in [-0.25, -0.2) is 4.31 Å². The Morgan fingerprint density at radius 2 is 0.944 bits per heavy atom. The van der Waals surface area contributed by atoms with E-state index in [1.807, 2.05) is 0 Å². The van der Waals surface area contributed by atoms with E-state index in [-0.39, 0.29) is 0 Å². The highest BCUT2D eigenvalue weighted by molar-refractivity contribution is 7.53. The molecule has 0 aliphatic heterocycles. The molecule has 2 aliphatic rings. The second kappa shape index (κ2) is 8.76. The zero-order valence-corrected chi connectivity index (χ0v) is 12.5. The van der Waals surface area contributed by atoms with Gasteiger partial charge in [-0.05, 0) is 31.1 Å². The van der Waals surface area contributed by atoms with Crippen molar-refractivity contribution in [1.82, 2.24) is 0 Å². The molecule has 0 aromatic carbocycles. The van der Waals surface area contributed by atoms with Gasteiger partial charge in [0.05, 0.1) is 0 Å².